The van der Waals surface area contributed by atoms with Gasteiger partial charge in [-0.25, -0.2) is 0 Å². The van der Waals surface area contributed by atoms with Gasteiger partial charge < -0.3 is 5.21 Å². The summed E-state index contributed by atoms with van der Waals surface area (Å²) in [6.45, 7) is 6.54. The molecule has 0 aliphatic heterocycles. The molecule has 0 heterocycles. The van der Waals surface area contributed by atoms with Gasteiger partial charge in [0.2, 0.25) is 0 Å². The lowest BCUT2D eigenvalue weighted by Crippen LogP contribution is -2.10. The van der Waals surface area contributed by atoms with E-state index in [-0.39, 0.29) is 5.41 Å². The summed E-state index contributed by atoms with van der Waals surface area (Å²) < 4.78 is 0. The van der Waals surface area contributed by atoms with Crippen molar-refractivity contribution in [3.63, 3.8) is 0 Å². The van der Waals surface area contributed by atoms with E-state index in [0.717, 1.165) is 11.1 Å². The molecule has 0 saturated carbocycles. The Morgan fingerprint density at radius 3 is 2.10 bits per heavy atom. The highest BCUT2D eigenvalue weighted by Crippen LogP contribution is 2.21. The molecule has 0 amide bonds. The fourth-order valence-corrected chi connectivity index (χ4v) is 1.94. The maximum absolute atomic E-state index is 9.09. The van der Waals surface area contributed by atoms with Crippen LogP contribution in [0.15, 0.2) is 59.8 Å². The minimum Gasteiger partial charge on any atom is -0.410 e. The van der Waals surface area contributed by atoms with Gasteiger partial charge in [0.1, 0.15) is 0 Å². The van der Waals surface area contributed by atoms with Gasteiger partial charge in [0.25, 0.3) is 0 Å². The highest BCUT2D eigenvalue weighted by molar-refractivity contribution is 6.12. The Kier molecular flexibility index (Phi) is 4.45. The van der Waals surface area contributed by atoms with Gasteiger partial charge in [0.15, 0.2) is 5.71 Å². The first-order chi connectivity index (χ1) is 10.0. The van der Waals surface area contributed by atoms with Gasteiger partial charge in [-0.1, -0.05) is 74.3 Å². The number of oxime groups is 1. The van der Waals surface area contributed by atoms with Crippen LogP contribution >= 0.6 is 0 Å². The normalized spacial score (nSPS) is 11.7. The minimum absolute atomic E-state index is 0.133. The molecule has 0 unspecified atom stereocenters. The summed E-state index contributed by atoms with van der Waals surface area (Å²) in [5.41, 5.74) is 3.48. The SMILES string of the molecule is CC(C)(C)c1ccc(C#C/C(=N/O)c2ccccc2)cc1. The highest BCUT2D eigenvalue weighted by Gasteiger charge is 2.12. The number of hydrogen-bond donors (Lipinski definition) is 1. The molecule has 0 aromatic heterocycles. The first-order valence-corrected chi connectivity index (χ1v) is 6.91. The molecule has 2 heteroatoms. The first-order valence-electron chi connectivity index (χ1n) is 6.91. The van der Waals surface area contributed by atoms with E-state index in [1.807, 2.05) is 42.5 Å². The van der Waals surface area contributed by atoms with E-state index < -0.39 is 0 Å². The van der Waals surface area contributed by atoms with E-state index in [4.69, 9.17) is 5.21 Å². The standard InChI is InChI=1S/C19H19NO/c1-19(2,3)17-12-9-15(10-13-17)11-14-18(20-21)16-7-5-4-6-8-16/h4-10,12-13,21H,1-3H3/b20-18-. The maximum Gasteiger partial charge on any atom is 0.159 e. The predicted molar refractivity (Wildman–Crippen MR) is 86.8 cm³/mol. The van der Waals surface area contributed by atoms with Crippen LogP contribution in [-0.2, 0) is 5.41 Å². The van der Waals surface area contributed by atoms with Crippen molar-refractivity contribution in [1.82, 2.24) is 0 Å². The summed E-state index contributed by atoms with van der Waals surface area (Å²) >= 11 is 0. The Labute approximate surface area is 126 Å². The third-order valence-electron chi connectivity index (χ3n) is 3.22. The number of hydrogen-bond acceptors (Lipinski definition) is 2. The van der Waals surface area contributed by atoms with Crippen molar-refractivity contribution < 1.29 is 5.21 Å². The molecule has 1 N–H and O–H groups in total. The lowest BCUT2D eigenvalue weighted by molar-refractivity contribution is 0.320. The summed E-state index contributed by atoms with van der Waals surface area (Å²) in [5, 5.41) is 12.4. The van der Waals surface area contributed by atoms with Crippen LogP contribution in [0, 0.1) is 11.8 Å². The van der Waals surface area contributed by atoms with Crippen molar-refractivity contribution in [2.45, 2.75) is 26.2 Å². The Hall–Kier alpha value is -2.53. The summed E-state index contributed by atoms with van der Waals surface area (Å²) in [5.74, 6) is 5.94. The van der Waals surface area contributed by atoms with Crippen LogP contribution in [0.4, 0.5) is 0 Å². The second-order valence-corrected chi connectivity index (χ2v) is 5.89. The quantitative estimate of drug-likeness (QED) is 0.360. The van der Waals surface area contributed by atoms with Crippen molar-refractivity contribution in [2.24, 2.45) is 5.16 Å². The largest absolute Gasteiger partial charge is 0.410 e. The molecule has 0 saturated heterocycles. The van der Waals surface area contributed by atoms with E-state index in [9.17, 15) is 0 Å². The van der Waals surface area contributed by atoms with Crippen LogP contribution in [0.25, 0.3) is 0 Å². The fraction of sp³-hybridized carbons (Fsp3) is 0.211. The van der Waals surface area contributed by atoms with Gasteiger partial charge >= 0.3 is 0 Å². The molecule has 2 aromatic carbocycles. The van der Waals surface area contributed by atoms with E-state index in [1.54, 1.807) is 0 Å². The molecule has 2 rings (SSSR count). The van der Waals surface area contributed by atoms with Crippen LogP contribution in [0.5, 0.6) is 0 Å². The second kappa shape index (κ2) is 6.28. The molecule has 106 valence electrons. The van der Waals surface area contributed by atoms with Crippen molar-refractivity contribution in [3.8, 4) is 11.8 Å². The minimum atomic E-state index is 0.133. The lowest BCUT2D eigenvalue weighted by Gasteiger charge is -2.18. The number of rotatable bonds is 1. The van der Waals surface area contributed by atoms with E-state index >= 15 is 0 Å². The van der Waals surface area contributed by atoms with Crippen LogP contribution in [0.2, 0.25) is 0 Å². The molecule has 2 nitrogen and oxygen atoms in total. The molecule has 0 aliphatic rings. The Balaban J connectivity index is 2.23. The van der Waals surface area contributed by atoms with Crippen molar-refractivity contribution in [1.29, 1.82) is 0 Å². The second-order valence-electron chi connectivity index (χ2n) is 5.89. The van der Waals surface area contributed by atoms with Crippen LogP contribution in [-0.4, -0.2) is 10.9 Å². The van der Waals surface area contributed by atoms with Crippen LogP contribution in [0.1, 0.15) is 37.5 Å². The van der Waals surface area contributed by atoms with Gasteiger partial charge in [0.05, 0.1) is 0 Å². The summed E-state index contributed by atoms with van der Waals surface area (Å²) in [7, 11) is 0. The van der Waals surface area contributed by atoms with Gasteiger partial charge in [-0.15, -0.1) is 0 Å². The van der Waals surface area contributed by atoms with Gasteiger partial charge in [-0.2, -0.15) is 0 Å². The summed E-state index contributed by atoms with van der Waals surface area (Å²) in [4.78, 5) is 0. The number of benzene rings is 2. The molecule has 0 atom stereocenters. The monoisotopic (exact) mass is 277 g/mol. The van der Waals surface area contributed by atoms with Gasteiger partial charge in [-0.3, -0.25) is 0 Å². The predicted octanol–water partition coefficient (Wildman–Crippen LogP) is 4.21. The summed E-state index contributed by atoms with van der Waals surface area (Å²) in [6.07, 6.45) is 0. The Morgan fingerprint density at radius 1 is 0.952 bits per heavy atom. The first kappa shape index (κ1) is 14.9. The third-order valence-corrected chi connectivity index (χ3v) is 3.22. The topological polar surface area (TPSA) is 32.6 Å². The highest BCUT2D eigenvalue weighted by atomic mass is 16.4. The molecule has 0 bridgehead atoms. The zero-order valence-corrected chi connectivity index (χ0v) is 12.6. The van der Waals surface area contributed by atoms with E-state index in [1.165, 1.54) is 5.56 Å². The molecular formula is C19H19NO. The van der Waals surface area contributed by atoms with Gasteiger partial charge in [-0.05, 0) is 29.0 Å². The van der Waals surface area contributed by atoms with Gasteiger partial charge in [0, 0.05) is 11.1 Å². The molecule has 2 aromatic rings. The smallest absolute Gasteiger partial charge is 0.159 e. The molecule has 0 radical (unpaired) electrons. The molecule has 21 heavy (non-hydrogen) atoms. The third kappa shape index (κ3) is 3.97. The average Bonchev–Trinajstić information content (AvgIpc) is 2.48. The van der Waals surface area contributed by atoms with Crippen molar-refractivity contribution in [2.75, 3.05) is 0 Å². The Bertz CT molecular complexity index is 680. The Morgan fingerprint density at radius 2 is 1.57 bits per heavy atom. The summed E-state index contributed by atoms with van der Waals surface area (Å²) in [6, 6.07) is 17.6. The average molecular weight is 277 g/mol. The molecule has 0 aliphatic carbocycles. The van der Waals surface area contributed by atoms with E-state index in [2.05, 4.69) is 49.9 Å². The lowest BCUT2D eigenvalue weighted by atomic mass is 9.87. The fourth-order valence-electron chi connectivity index (χ4n) is 1.94. The van der Waals surface area contributed by atoms with E-state index in [0.29, 0.717) is 5.71 Å². The van der Waals surface area contributed by atoms with Crippen molar-refractivity contribution in [3.05, 3.63) is 71.3 Å². The number of nitrogens with zero attached hydrogens (tertiary/aromatic N) is 1. The maximum atomic E-state index is 9.09. The van der Waals surface area contributed by atoms with Crippen LogP contribution < -0.4 is 0 Å². The van der Waals surface area contributed by atoms with Crippen LogP contribution in [0.3, 0.4) is 0 Å². The molecular weight excluding hydrogens is 258 g/mol. The molecule has 0 fully saturated rings. The molecule has 0 spiro atoms. The zero-order chi connectivity index (χ0) is 15.3. The zero-order valence-electron chi connectivity index (χ0n) is 12.6. The van der Waals surface area contributed by atoms with Crippen molar-refractivity contribution >= 4 is 5.71 Å².